The summed E-state index contributed by atoms with van der Waals surface area (Å²) in [6.07, 6.45) is 5.42. The van der Waals surface area contributed by atoms with Crippen molar-refractivity contribution in [3.05, 3.63) is 28.5 Å². The van der Waals surface area contributed by atoms with E-state index in [2.05, 4.69) is 4.98 Å². The highest BCUT2D eigenvalue weighted by molar-refractivity contribution is 7.71. The molecule has 1 aromatic heterocycles. The maximum Gasteiger partial charge on any atom is 0.184 e. The van der Waals surface area contributed by atoms with E-state index in [9.17, 15) is 8.78 Å². The molecule has 0 saturated heterocycles. The Morgan fingerprint density at radius 3 is 2.61 bits per heavy atom. The first-order valence-corrected chi connectivity index (χ1v) is 6.67. The molecule has 0 spiro atoms. The second-order valence-corrected chi connectivity index (χ2v) is 5.24. The van der Waals surface area contributed by atoms with Crippen LogP contribution in [-0.2, 0) is 0 Å². The van der Waals surface area contributed by atoms with Crippen LogP contribution >= 0.6 is 12.2 Å². The molecule has 1 aliphatic rings. The van der Waals surface area contributed by atoms with Gasteiger partial charge in [-0.15, -0.1) is 0 Å². The van der Waals surface area contributed by atoms with Crippen LogP contribution in [0.25, 0.3) is 11.0 Å². The van der Waals surface area contributed by atoms with Crippen molar-refractivity contribution in [3.8, 4) is 0 Å². The van der Waals surface area contributed by atoms with Gasteiger partial charge in [0.25, 0.3) is 0 Å². The highest BCUT2D eigenvalue weighted by atomic mass is 32.1. The first-order valence-electron chi connectivity index (χ1n) is 6.26. The summed E-state index contributed by atoms with van der Waals surface area (Å²) in [6, 6.07) is 2.87. The largest absolute Gasteiger partial charge is 0.330 e. The summed E-state index contributed by atoms with van der Waals surface area (Å²) in [4.78, 5) is 2.96. The lowest BCUT2D eigenvalue weighted by atomic mass is 9.95. The second-order valence-electron chi connectivity index (χ2n) is 4.85. The van der Waals surface area contributed by atoms with E-state index in [-0.39, 0.29) is 11.6 Å². The van der Waals surface area contributed by atoms with Crippen LogP contribution < -0.4 is 0 Å². The first kappa shape index (κ1) is 11.8. The second kappa shape index (κ2) is 4.46. The third-order valence-corrected chi connectivity index (χ3v) is 4.01. The highest BCUT2D eigenvalue weighted by Gasteiger charge is 2.21. The van der Waals surface area contributed by atoms with E-state index in [0.717, 1.165) is 31.7 Å². The predicted molar refractivity (Wildman–Crippen MR) is 69.2 cm³/mol. The van der Waals surface area contributed by atoms with Crippen molar-refractivity contribution in [3.63, 3.8) is 0 Å². The zero-order valence-corrected chi connectivity index (χ0v) is 10.7. The van der Waals surface area contributed by atoms with E-state index in [1.54, 1.807) is 10.6 Å². The van der Waals surface area contributed by atoms with Crippen LogP contribution in [0.2, 0.25) is 0 Å². The smallest absolute Gasteiger partial charge is 0.184 e. The Bertz CT molecular complexity index is 638. The minimum atomic E-state index is -0.818. The number of aromatic nitrogens is 2. The van der Waals surface area contributed by atoms with Gasteiger partial charge >= 0.3 is 0 Å². The van der Waals surface area contributed by atoms with E-state index in [0.29, 0.717) is 10.3 Å². The molecule has 0 unspecified atom stereocenters. The molecule has 3 rings (SSSR count). The summed E-state index contributed by atoms with van der Waals surface area (Å²) in [5.74, 6) is -1.62. The normalized spacial score (nSPS) is 17.4. The Morgan fingerprint density at radius 2 is 1.89 bits per heavy atom. The van der Waals surface area contributed by atoms with Crippen LogP contribution in [0, 0.1) is 16.4 Å². The van der Waals surface area contributed by atoms with E-state index in [4.69, 9.17) is 12.2 Å². The number of imidazole rings is 1. The Morgan fingerprint density at radius 1 is 1.17 bits per heavy atom. The third-order valence-electron chi connectivity index (χ3n) is 3.71. The summed E-state index contributed by atoms with van der Waals surface area (Å²) in [6.45, 7) is 0. The Hall–Kier alpha value is -1.23. The minimum absolute atomic E-state index is 0.191. The molecule has 96 valence electrons. The number of halogens is 2. The molecule has 1 fully saturated rings. The molecule has 0 radical (unpaired) electrons. The lowest BCUT2D eigenvalue weighted by molar-refractivity contribution is 0.354. The van der Waals surface area contributed by atoms with Gasteiger partial charge in [0.1, 0.15) is 5.52 Å². The minimum Gasteiger partial charge on any atom is -0.330 e. The van der Waals surface area contributed by atoms with Crippen LogP contribution in [0.1, 0.15) is 38.1 Å². The quantitative estimate of drug-likeness (QED) is 0.756. The molecule has 1 aliphatic carbocycles. The SMILES string of the molecule is Fc1ccc2[nH]c(=S)n(C3CCCCC3)c2c1F. The number of rotatable bonds is 1. The molecule has 0 aliphatic heterocycles. The standard InChI is InChI=1S/C13H14F2N2S/c14-9-6-7-10-12(11(9)15)17(13(18)16-10)8-4-2-1-3-5-8/h6-8H,1-5H2,(H,16,18). The van der Waals surface area contributed by atoms with Crippen LogP contribution in [0.3, 0.4) is 0 Å². The lowest BCUT2D eigenvalue weighted by Crippen LogP contribution is -2.13. The number of nitrogens with zero attached hydrogens (tertiary/aromatic N) is 1. The molecule has 0 atom stereocenters. The van der Waals surface area contributed by atoms with Crippen LogP contribution in [0.4, 0.5) is 8.78 Å². The Balaban J connectivity index is 2.23. The number of hydrogen-bond acceptors (Lipinski definition) is 1. The molecule has 1 heterocycles. The van der Waals surface area contributed by atoms with Gasteiger partial charge in [-0.05, 0) is 37.2 Å². The topological polar surface area (TPSA) is 20.7 Å². The molecule has 2 aromatic rings. The van der Waals surface area contributed by atoms with Gasteiger partial charge in [-0.1, -0.05) is 19.3 Å². The lowest BCUT2D eigenvalue weighted by Gasteiger charge is -2.23. The zero-order chi connectivity index (χ0) is 12.7. The summed E-state index contributed by atoms with van der Waals surface area (Å²) in [5.41, 5.74) is 0.858. The summed E-state index contributed by atoms with van der Waals surface area (Å²) >= 11 is 5.25. The fourth-order valence-electron chi connectivity index (χ4n) is 2.84. The first-order chi connectivity index (χ1) is 8.68. The van der Waals surface area contributed by atoms with Crippen molar-refractivity contribution < 1.29 is 8.78 Å². The van der Waals surface area contributed by atoms with Gasteiger partial charge in [0.05, 0.1) is 5.52 Å². The number of nitrogens with one attached hydrogen (secondary N) is 1. The van der Waals surface area contributed by atoms with Gasteiger partial charge in [0, 0.05) is 6.04 Å². The molecule has 1 saturated carbocycles. The van der Waals surface area contributed by atoms with Crippen molar-refractivity contribution in [1.82, 2.24) is 9.55 Å². The van der Waals surface area contributed by atoms with Crippen LogP contribution in [0.15, 0.2) is 12.1 Å². The molecular formula is C13H14F2N2S. The molecule has 2 nitrogen and oxygen atoms in total. The fraction of sp³-hybridized carbons (Fsp3) is 0.462. The summed E-state index contributed by atoms with van der Waals surface area (Å²) < 4.78 is 29.6. The zero-order valence-electron chi connectivity index (χ0n) is 9.88. The monoisotopic (exact) mass is 268 g/mol. The van der Waals surface area contributed by atoms with Gasteiger partial charge in [0.15, 0.2) is 16.4 Å². The summed E-state index contributed by atoms with van der Waals surface area (Å²) in [5, 5.41) is 0. The van der Waals surface area contributed by atoms with Crippen molar-refractivity contribution in [2.24, 2.45) is 0 Å². The Kier molecular flexibility index (Phi) is 2.93. The van der Waals surface area contributed by atoms with E-state index >= 15 is 0 Å². The molecule has 18 heavy (non-hydrogen) atoms. The Labute approximate surface area is 109 Å². The van der Waals surface area contributed by atoms with Crippen molar-refractivity contribution in [1.29, 1.82) is 0 Å². The van der Waals surface area contributed by atoms with Gasteiger partial charge in [0.2, 0.25) is 0 Å². The molecular weight excluding hydrogens is 254 g/mol. The van der Waals surface area contributed by atoms with Gasteiger partial charge in [-0.3, -0.25) is 0 Å². The number of fused-ring (bicyclic) bond motifs is 1. The maximum atomic E-state index is 14.0. The van der Waals surface area contributed by atoms with Gasteiger partial charge < -0.3 is 9.55 Å². The van der Waals surface area contributed by atoms with Crippen molar-refractivity contribution >= 4 is 23.3 Å². The number of hydrogen-bond donors (Lipinski definition) is 1. The van der Waals surface area contributed by atoms with E-state index in [1.807, 2.05) is 0 Å². The van der Waals surface area contributed by atoms with Gasteiger partial charge in [-0.2, -0.15) is 0 Å². The van der Waals surface area contributed by atoms with Crippen molar-refractivity contribution in [2.75, 3.05) is 0 Å². The molecule has 1 aromatic carbocycles. The summed E-state index contributed by atoms with van der Waals surface area (Å²) in [7, 11) is 0. The predicted octanol–water partition coefficient (Wildman–Crippen LogP) is 4.48. The molecule has 1 N–H and O–H groups in total. The molecule has 0 bridgehead atoms. The fourth-order valence-corrected chi connectivity index (χ4v) is 3.19. The molecule has 5 heteroatoms. The number of H-pyrrole nitrogens is 1. The van der Waals surface area contributed by atoms with Crippen molar-refractivity contribution in [2.45, 2.75) is 38.1 Å². The molecule has 0 amide bonds. The maximum absolute atomic E-state index is 14.0. The third kappa shape index (κ3) is 1.77. The number of aromatic amines is 1. The number of benzene rings is 1. The van der Waals surface area contributed by atoms with Gasteiger partial charge in [-0.25, -0.2) is 8.78 Å². The highest BCUT2D eigenvalue weighted by Crippen LogP contribution is 2.32. The van der Waals surface area contributed by atoms with E-state index < -0.39 is 11.6 Å². The van der Waals surface area contributed by atoms with E-state index in [1.165, 1.54) is 6.42 Å². The van der Waals surface area contributed by atoms with Crippen LogP contribution in [-0.4, -0.2) is 9.55 Å². The average Bonchev–Trinajstić information content (AvgIpc) is 2.72. The van der Waals surface area contributed by atoms with Crippen LogP contribution in [0.5, 0.6) is 0 Å². The average molecular weight is 268 g/mol.